The van der Waals surface area contributed by atoms with Crippen molar-refractivity contribution in [3.05, 3.63) is 100 Å². The molecule has 0 saturated heterocycles. The largest absolute Gasteiger partial charge is 1.00 e. The summed E-state index contributed by atoms with van der Waals surface area (Å²) in [4.78, 5) is 44.2. The number of alkyl halides is 8. The van der Waals surface area contributed by atoms with Gasteiger partial charge in [-0.3, -0.25) is 30.1 Å². The number of anilines is 1. The number of aromatic nitrogens is 5. The number of amides is 3. The minimum atomic E-state index is -5.30. The monoisotopic (exact) mass is 1030 g/mol. The first-order valence-electron chi connectivity index (χ1n) is 18.9. The second-order valence-corrected chi connectivity index (χ2v) is 18.1. The van der Waals surface area contributed by atoms with Crippen LogP contribution in [-0.2, 0) is 52.0 Å². The molecular weight excluding hydrogens is 997 g/mol. The Morgan fingerprint density at radius 3 is 2.16 bits per heavy atom. The standard InChI is InChI=1S/C41H35ClF10N8O5S2.Na/c1-38(2,67(6)65)12-11-24-7-8-25(26-9-10-27(42)33-35(26)59(20-40(47,48)49)56-36(33)60(66-5)37(64)57(4)19-32(62)63)34(53-24)28(15-21-13-22(43)16-23(44)14-21)54-31(61)18-58-30(39(3,45)46)17-29(55-58)41(50,51)52;/h7-10,13-14,16,28H,3,15,18-20H2,1-2,4-6H3,(H,54,61)(H,62,63);/q-2;+1. The molecular formula is C41H35ClF10N8NaO5S2-. The maximum absolute atomic E-state index is 14.7. The number of rotatable bonds is 14. The van der Waals surface area contributed by atoms with Crippen LogP contribution in [0.3, 0.4) is 0 Å². The molecule has 5 rings (SSSR count). The van der Waals surface area contributed by atoms with E-state index < -0.39 is 118 Å². The van der Waals surface area contributed by atoms with Crippen LogP contribution < -0.4 is 39.2 Å². The number of hydrogen-bond donors (Lipinski definition) is 2. The van der Waals surface area contributed by atoms with Crippen LogP contribution in [0.5, 0.6) is 0 Å². The number of nitrogens with zero attached hydrogens (tertiary/aromatic N) is 7. The molecule has 0 aliphatic rings. The number of hydrogen-bond acceptors (Lipinski definition) is 8. The maximum Gasteiger partial charge on any atom is 1.00 e. The first kappa shape index (κ1) is 55.7. The summed E-state index contributed by atoms with van der Waals surface area (Å²) in [5.74, 6) is -4.25. The summed E-state index contributed by atoms with van der Waals surface area (Å²) in [5.41, 5.74) is -4.97. The third-order valence-corrected chi connectivity index (χ3v) is 12.0. The van der Waals surface area contributed by atoms with Crippen molar-refractivity contribution >= 4 is 69.0 Å². The smallest absolute Gasteiger partial charge is 0.480 e. The molecule has 27 heteroatoms. The van der Waals surface area contributed by atoms with Crippen molar-refractivity contribution in [3.63, 3.8) is 0 Å². The van der Waals surface area contributed by atoms with Gasteiger partial charge in [-0.05, 0) is 79.7 Å². The summed E-state index contributed by atoms with van der Waals surface area (Å²) in [6, 6.07) is 5.78. The summed E-state index contributed by atoms with van der Waals surface area (Å²) < 4.78 is 155. The van der Waals surface area contributed by atoms with Gasteiger partial charge >= 0.3 is 53.9 Å². The van der Waals surface area contributed by atoms with E-state index in [4.69, 9.17) is 11.6 Å². The number of nitrogens with one attached hydrogen (secondary N) is 1. The van der Waals surface area contributed by atoms with E-state index in [2.05, 4.69) is 39.3 Å². The van der Waals surface area contributed by atoms with Crippen molar-refractivity contribution < 1.29 is 97.2 Å². The normalized spacial score (nSPS) is 13.0. The Balaban J connectivity index is 0.0000101. The van der Waals surface area contributed by atoms with E-state index in [0.29, 0.717) is 22.7 Å². The third-order valence-electron chi connectivity index (χ3n) is 9.48. The fourth-order valence-electron chi connectivity index (χ4n) is 6.36. The topological polar surface area (TPSA) is 156 Å². The molecule has 2 N–H and O–H groups in total. The van der Waals surface area contributed by atoms with E-state index in [1.165, 1.54) is 56.7 Å². The van der Waals surface area contributed by atoms with Crippen molar-refractivity contribution in [2.24, 2.45) is 0 Å². The van der Waals surface area contributed by atoms with Crippen LogP contribution in [0.25, 0.3) is 22.0 Å². The zero-order valence-corrected chi connectivity index (χ0v) is 40.7. The number of fused-ring (bicyclic) bond motifs is 1. The molecule has 360 valence electrons. The predicted molar refractivity (Wildman–Crippen MR) is 227 cm³/mol. The number of likely N-dealkylation sites (N-methyl/N-ethyl adjacent to an activating group) is 1. The minimum absolute atomic E-state index is 0. The summed E-state index contributed by atoms with van der Waals surface area (Å²) >= 11 is 7.29. The number of carboxylic acids is 1. The van der Waals surface area contributed by atoms with Crippen molar-refractivity contribution in [2.45, 2.75) is 62.4 Å². The number of benzene rings is 2. The van der Waals surface area contributed by atoms with Gasteiger partial charge in [-0.1, -0.05) is 23.6 Å². The van der Waals surface area contributed by atoms with Gasteiger partial charge in [0.25, 0.3) is 0 Å². The molecule has 3 aromatic heterocycles. The van der Waals surface area contributed by atoms with Gasteiger partial charge in [0.1, 0.15) is 47.6 Å². The number of carbonyl (C=O) groups is 3. The van der Waals surface area contributed by atoms with E-state index in [-0.39, 0.29) is 72.7 Å². The van der Waals surface area contributed by atoms with Crippen LogP contribution in [0.15, 0.2) is 42.5 Å². The molecule has 0 saturated carbocycles. The van der Waals surface area contributed by atoms with Crippen molar-refractivity contribution in [1.82, 2.24) is 34.8 Å². The first-order valence-corrected chi connectivity index (χ1v) is 22.0. The fourth-order valence-corrected chi connectivity index (χ4v) is 7.39. The van der Waals surface area contributed by atoms with Gasteiger partial charge < -0.3 is 21.4 Å². The summed E-state index contributed by atoms with van der Waals surface area (Å²) in [6.07, 6.45) is -8.25. The molecule has 13 nitrogen and oxygen atoms in total. The van der Waals surface area contributed by atoms with Crippen LogP contribution in [-0.4, -0.2) is 93.7 Å². The molecule has 0 aliphatic heterocycles. The second-order valence-electron chi connectivity index (χ2n) is 15.1. The number of carboxylic acid groups (broad SMARTS) is 1. The average Bonchev–Trinajstić information content (AvgIpc) is 3.79. The van der Waals surface area contributed by atoms with Gasteiger partial charge in [-0.2, -0.15) is 31.4 Å². The predicted octanol–water partition coefficient (Wildman–Crippen LogP) is 5.37. The summed E-state index contributed by atoms with van der Waals surface area (Å²) in [7, 11) is -0.450. The first-order chi connectivity index (χ1) is 30.9. The van der Waals surface area contributed by atoms with Gasteiger partial charge in [-0.25, -0.2) is 36.7 Å². The zero-order valence-electron chi connectivity index (χ0n) is 36.3. The quantitative estimate of drug-likeness (QED) is 0.0492. The Morgan fingerprint density at radius 2 is 1.62 bits per heavy atom. The molecule has 68 heavy (non-hydrogen) atoms. The molecule has 2 aromatic carbocycles. The summed E-state index contributed by atoms with van der Waals surface area (Å²) in [5, 5.41) is 18.4. The van der Waals surface area contributed by atoms with E-state index in [1.807, 2.05) is 0 Å². The van der Waals surface area contributed by atoms with Gasteiger partial charge in [0.15, 0.2) is 5.82 Å². The van der Waals surface area contributed by atoms with Gasteiger partial charge in [0.2, 0.25) is 5.91 Å². The van der Waals surface area contributed by atoms with Crippen molar-refractivity contribution in [1.29, 1.82) is 0 Å². The number of pyridine rings is 1. The molecule has 2 unspecified atom stereocenters. The average molecular weight is 1030 g/mol. The Hall–Kier alpha value is -4.87. The van der Waals surface area contributed by atoms with Crippen LogP contribution >= 0.6 is 23.5 Å². The molecule has 0 spiro atoms. The zero-order chi connectivity index (χ0) is 50.1. The number of carbonyl (C=O) groups excluding carboxylic acids is 2. The second kappa shape index (κ2) is 21.4. The van der Waals surface area contributed by atoms with Gasteiger partial charge in [-0.15, -0.1) is 5.69 Å². The Kier molecular flexibility index (Phi) is 17.5. The van der Waals surface area contributed by atoms with E-state index in [0.717, 1.165) is 28.4 Å². The van der Waals surface area contributed by atoms with Crippen molar-refractivity contribution in [3.8, 4) is 23.0 Å². The van der Waals surface area contributed by atoms with Crippen LogP contribution in [0.1, 0.15) is 48.2 Å². The van der Waals surface area contributed by atoms with Crippen molar-refractivity contribution in [2.75, 3.05) is 30.4 Å². The Morgan fingerprint density at radius 1 is 1.00 bits per heavy atom. The fraction of sp³-hybridized carbons (Fsp3) is 0.341. The minimum Gasteiger partial charge on any atom is -0.480 e. The van der Waals surface area contributed by atoms with E-state index in [9.17, 15) is 67.6 Å². The Labute approximate surface area is 414 Å². The molecule has 3 heterocycles. The van der Waals surface area contributed by atoms with Gasteiger partial charge in [0.05, 0.1) is 27.7 Å². The summed E-state index contributed by atoms with van der Waals surface area (Å²) in [6.45, 7) is 1.55. The maximum atomic E-state index is 14.7. The number of aliphatic carboxylic acids is 1. The molecule has 0 radical (unpaired) electrons. The SMILES string of the molecule is [CH2-]C(F)(F)c1[c-]c(C(F)(F)F)nn1CC(=O)NC(Cc1cc(F)cc(F)c1)c1nc(C#CC(C)(C)S(C)=O)ccc1-c1ccc(Cl)c2c(N(SC)C(=O)N(C)CC(=O)O)nn(CC(F)(F)F)c12.[Na+]. The van der Waals surface area contributed by atoms with Crippen LogP contribution in [0, 0.1) is 36.5 Å². The number of halogens is 11. The molecule has 3 amide bonds. The molecule has 0 aliphatic carbocycles. The third kappa shape index (κ3) is 13.5. The van der Waals surface area contributed by atoms with E-state index in [1.54, 1.807) is 0 Å². The molecule has 2 atom stereocenters. The van der Waals surface area contributed by atoms with Gasteiger partial charge in [0, 0.05) is 47.6 Å². The Bertz CT molecular complexity index is 2800. The van der Waals surface area contributed by atoms with Crippen LogP contribution in [0.4, 0.5) is 54.5 Å². The molecule has 0 bridgehead atoms. The van der Waals surface area contributed by atoms with E-state index >= 15 is 0 Å². The number of urea groups is 1. The molecule has 0 fully saturated rings. The molecule has 5 aromatic rings. The van der Waals surface area contributed by atoms with Crippen LogP contribution in [0.2, 0.25) is 5.02 Å².